The van der Waals surface area contributed by atoms with Gasteiger partial charge in [-0.1, -0.05) is 36.9 Å². The Balaban J connectivity index is 2.29. The van der Waals surface area contributed by atoms with E-state index in [4.69, 9.17) is 5.11 Å². The number of hydrogen-bond donors (Lipinski definition) is 2. The zero-order chi connectivity index (χ0) is 16.1. The number of para-hydroxylation sites is 1. The molecule has 1 aromatic carbocycles. The van der Waals surface area contributed by atoms with Gasteiger partial charge in [-0.3, -0.25) is 0 Å². The minimum atomic E-state index is -1.02. The lowest BCUT2D eigenvalue weighted by Crippen LogP contribution is -1.94. The largest absolute Gasteiger partial charge is 0.507 e. The summed E-state index contributed by atoms with van der Waals surface area (Å²) in [6, 6.07) is 7.38. The van der Waals surface area contributed by atoms with Crippen molar-refractivity contribution in [1.82, 2.24) is 0 Å². The van der Waals surface area contributed by atoms with Gasteiger partial charge in [-0.05, 0) is 55.0 Å². The molecule has 0 radical (unpaired) electrons. The third-order valence-electron chi connectivity index (χ3n) is 3.84. The van der Waals surface area contributed by atoms with Crippen LogP contribution in [0.3, 0.4) is 0 Å². The van der Waals surface area contributed by atoms with E-state index < -0.39 is 5.97 Å². The highest BCUT2D eigenvalue weighted by molar-refractivity contribution is 5.89. The summed E-state index contributed by atoms with van der Waals surface area (Å²) in [5, 5.41) is 18.8. The quantitative estimate of drug-likeness (QED) is 0.622. The average Bonchev–Trinajstić information content (AvgIpc) is 2.96. The Hall–Kier alpha value is -2.55. The monoisotopic (exact) mass is 296 g/mol. The molecule has 0 fully saturated rings. The summed E-state index contributed by atoms with van der Waals surface area (Å²) in [4.78, 5) is 10.7. The molecule has 0 saturated carbocycles. The predicted molar refractivity (Wildman–Crippen MR) is 88.6 cm³/mol. The fourth-order valence-electron chi connectivity index (χ4n) is 2.69. The van der Waals surface area contributed by atoms with E-state index in [1.807, 2.05) is 31.2 Å². The minimum absolute atomic E-state index is 0.0605. The number of aliphatic carboxylic acids is 1. The van der Waals surface area contributed by atoms with E-state index in [0.717, 1.165) is 30.4 Å². The van der Waals surface area contributed by atoms with Gasteiger partial charge in [-0.2, -0.15) is 0 Å². The fraction of sp³-hybridized carbons (Fsp3) is 0.211. The second-order valence-corrected chi connectivity index (χ2v) is 5.37. The summed E-state index contributed by atoms with van der Waals surface area (Å²) in [6.07, 6.45) is 8.08. The first kappa shape index (κ1) is 15.8. The summed E-state index contributed by atoms with van der Waals surface area (Å²) in [5.74, 6) is -0.711. The highest BCUT2D eigenvalue weighted by Crippen LogP contribution is 2.40. The zero-order valence-corrected chi connectivity index (χ0v) is 12.7. The van der Waals surface area contributed by atoms with Crippen LogP contribution in [-0.2, 0) is 4.79 Å². The highest BCUT2D eigenvalue weighted by Gasteiger charge is 2.18. The summed E-state index contributed by atoms with van der Waals surface area (Å²) in [7, 11) is 0. The van der Waals surface area contributed by atoms with Gasteiger partial charge in [0.15, 0.2) is 0 Å². The molecule has 0 aliphatic heterocycles. The van der Waals surface area contributed by atoms with Crippen LogP contribution in [0.1, 0.15) is 31.7 Å². The number of benzene rings is 1. The van der Waals surface area contributed by atoms with Crippen molar-refractivity contribution in [3.05, 3.63) is 71.4 Å². The molecule has 1 aliphatic carbocycles. The summed E-state index contributed by atoms with van der Waals surface area (Å²) in [5.41, 5.74) is 4.45. The molecule has 0 saturated heterocycles. The Labute approximate surface area is 130 Å². The maximum atomic E-state index is 10.7. The zero-order valence-electron chi connectivity index (χ0n) is 12.7. The SMILES string of the molecule is C=C(/C=C\C=C(/C)C1=C(c2ccccc2O)CCC1)C(=O)O. The Morgan fingerprint density at radius 3 is 2.68 bits per heavy atom. The molecule has 2 N–H and O–H groups in total. The van der Waals surface area contributed by atoms with Gasteiger partial charge in [-0.25, -0.2) is 4.79 Å². The molecule has 1 aromatic rings. The predicted octanol–water partition coefficient (Wildman–Crippen LogP) is 4.47. The second kappa shape index (κ2) is 6.94. The van der Waals surface area contributed by atoms with Crippen LogP contribution in [0.2, 0.25) is 0 Å². The Morgan fingerprint density at radius 2 is 2.00 bits per heavy atom. The van der Waals surface area contributed by atoms with Crippen LogP contribution in [0.4, 0.5) is 0 Å². The standard InChI is InChI=1S/C19H20O3/c1-13(7-5-8-14(2)19(21)22)15-10-6-11-16(15)17-9-3-4-12-18(17)20/h3-5,7-9,12,20H,2,6,10-11H2,1H3,(H,21,22)/b8-5-,13-7+. The van der Waals surface area contributed by atoms with Crippen molar-refractivity contribution in [2.45, 2.75) is 26.2 Å². The topological polar surface area (TPSA) is 57.5 Å². The maximum Gasteiger partial charge on any atom is 0.335 e. The minimum Gasteiger partial charge on any atom is -0.507 e. The molecule has 1 aliphatic rings. The normalized spacial score (nSPS) is 15.6. The van der Waals surface area contributed by atoms with Gasteiger partial charge in [0.2, 0.25) is 0 Å². The molecule has 3 nitrogen and oxygen atoms in total. The lowest BCUT2D eigenvalue weighted by atomic mass is 9.97. The van der Waals surface area contributed by atoms with E-state index in [1.54, 1.807) is 12.1 Å². The lowest BCUT2D eigenvalue weighted by molar-refractivity contribution is -0.132. The molecule has 0 aromatic heterocycles. The van der Waals surface area contributed by atoms with E-state index in [2.05, 4.69) is 6.58 Å². The van der Waals surface area contributed by atoms with Crippen LogP contribution in [0.25, 0.3) is 5.57 Å². The number of carboxylic acid groups (broad SMARTS) is 1. The number of hydrogen-bond acceptors (Lipinski definition) is 2. The number of carboxylic acids is 1. The van der Waals surface area contributed by atoms with Crippen molar-refractivity contribution in [2.24, 2.45) is 0 Å². The molecule has 22 heavy (non-hydrogen) atoms. The number of rotatable bonds is 5. The van der Waals surface area contributed by atoms with Crippen molar-refractivity contribution in [3.8, 4) is 5.75 Å². The average molecular weight is 296 g/mol. The summed E-state index contributed by atoms with van der Waals surface area (Å²) in [6.45, 7) is 5.47. The first-order valence-corrected chi connectivity index (χ1v) is 7.28. The number of allylic oxidation sites excluding steroid dienone is 5. The summed E-state index contributed by atoms with van der Waals surface area (Å²) >= 11 is 0. The molecular formula is C19H20O3. The number of carbonyl (C=O) groups is 1. The second-order valence-electron chi connectivity index (χ2n) is 5.37. The molecule has 0 atom stereocenters. The van der Waals surface area contributed by atoms with E-state index in [-0.39, 0.29) is 5.57 Å². The van der Waals surface area contributed by atoms with Crippen LogP contribution in [0, 0.1) is 0 Å². The molecule has 2 rings (SSSR count). The van der Waals surface area contributed by atoms with Crippen LogP contribution < -0.4 is 0 Å². The Morgan fingerprint density at radius 1 is 1.27 bits per heavy atom. The first-order valence-electron chi connectivity index (χ1n) is 7.28. The van der Waals surface area contributed by atoms with Crippen LogP contribution >= 0.6 is 0 Å². The van der Waals surface area contributed by atoms with Gasteiger partial charge in [0, 0.05) is 5.56 Å². The number of phenols is 1. The van der Waals surface area contributed by atoms with E-state index in [9.17, 15) is 9.90 Å². The number of aromatic hydroxyl groups is 1. The van der Waals surface area contributed by atoms with Gasteiger partial charge in [-0.15, -0.1) is 0 Å². The van der Waals surface area contributed by atoms with E-state index >= 15 is 0 Å². The van der Waals surface area contributed by atoms with Crippen LogP contribution in [-0.4, -0.2) is 16.2 Å². The molecule has 0 heterocycles. The lowest BCUT2D eigenvalue weighted by Gasteiger charge is -2.10. The van der Waals surface area contributed by atoms with Gasteiger partial charge in [0.05, 0.1) is 5.57 Å². The Bertz CT molecular complexity index is 690. The van der Waals surface area contributed by atoms with Gasteiger partial charge < -0.3 is 10.2 Å². The van der Waals surface area contributed by atoms with Crippen molar-refractivity contribution < 1.29 is 15.0 Å². The molecule has 0 bridgehead atoms. The van der Waals surface area contributed by atoms with Gasteiger partial charge in [0.1, 0.15) is 5.75 Å². The van der Waals surface area contributed by atoms with Gasteiger partial charge in [0.25, 0.3) is 0 Å². The third kappa shape index (κ3) is 3.55. The van der Waals surface area contributed by atoms with Crippen molar-refractivity contribution in [2.75, 3.05) is 0 Å². The number of phenolic OH excluding ortho intramolecular Hbond substituents is 1. The first-order chi connectivity index (χ1) is 10.5. The van der Waals surface area contributed by atoms with Crippen molar-refractivity contribution in [1.29, 1.82) is 0 Å². The molecule has 114 valence electrons. The van der Waals surface area contributed by atoms with E-state index in [1.165, 1.54) is 17.2 Å². The highest BCUT2D eigenvalue weighted by atomic mass is 16.4. The van der Waals surface area contributed by atoms with Crippen LogP contribution in [0.15, 0.2) is 65.8 Å². The summed E-state index contributed by atoms with van der Waals surface area (Å²) < 4.78 is 0. The van der Waals surface area contributed by atoms with Crippen molar-refractivity contribution in [3.63, 3.8) is 0 Å². The smallest absolute Gasteiger partial charge is 0.335 e. The fourth-order valence-corrected chi connectivity index (χ4v) is 2.69. The van der Waals surface area contributed by atoms with Crippen molar-refractivity contribution >= 4 is 11.5 Å². The maximum absolute atomic E-state index is 10.7. The third-order valence-corrected chi connectivity index (χ3v) is 3.84. The Kier molecular flexibility index (Phi) is 4.99. The molecule has 3 heteroatoms. The molecule has 0 spiro atoms. The van der Waals surface area contributed by atoms with E-state index in [0.29, 0.717) is 5.75 Å². The molecular weight excluding hydrogens is 276 g/mol. The van der Waals surface area contributed by atoms with Crippen LogP contribution in [0.5, 0.6) is 5.75 Å². The molecule has 0 amide bonds. The molecule has 0 unspecified atom stereocenters. The van der Waals surface area contributed by atoms with Gasteiger partial charge >= 0.3 is 5.97 Å².